The van der Waals surface area contributed by atoms with Crippen LogP contribution in [-0.4, -0.2) is 72.8 Å². The Bertz CT molecular complexity index is 1210. The number of rotatable bonds is 4. The van der Waals surface area contributed by atoms with Crippen molar-refractivity contribution in [3.05, 3.63) is 30.2 Å². The largest absolute Gasteiger partial charge is 0.393 e. The Balaban J connectivity index is 1.24. The molecular weight excluding hydrogens is 444 g/mol. The number of amides is 2. The smallest absolute Gasteiger partial charge is 0.323 e. The van der Waals surface area contributed by atoms with Crippen molar-refractivity contribution in [1.82, 2.24) is 29.9 Å². The van der Waals surface area contributed by atoms with Gasteiger partial charge in [-0.05, 0) is 38.7 Å². The van der Waals surface area contributed by atoms with Crippen LogP contribution in [0, 0.1) is 0 Å². The number of carbonyl (C=O) groups is 1. The molecule has 0 spiro atoms. The van der Waals surface area contributed by atoms with E-state index in [-0.39, 0.29) is 35.7 Å². The number of anilines is 2. The molecular formula is C25H36N8O2. The summed E-state index contributed by atoms with van der Waals surface area (Å²) in [6.07, 6.45) is 6.58. The highest BCUT2D eigenvalue weighted by molar-refractivity contribution is 5.88. The zero-order valence-electron chi connectivity index (χ0n) is 21.2. The molecule has 0 unspecified atom stereocenters. The lowest BCUT2D eigenvalue weighted by Crippen LogP contribution is -2.50. The number of aromatic amines is 1. The van der Waals surface area contributed by atoms with Gasteiger partial charge in [-0.15, -0.1) is 0 Å². The number of nitrogens with one attached hydrogen (secondary N) is 2. The molecule has 3 N–H and O–H groups in total. The van der Waals surface area contributed by atoms with Gasteiger partial charge in [0.05, 0.1) is 30.2 Å². The van der Waals surface area contributed by atoms with Gasteiger partial charge in [0.1, 0.15) is 0 Å². The molecule has 1 aliphatic heterocycles. The standard InChI is InChI=1S/C25H36N8O2/c1-15-8-17(6-7-32(15)19-9-16-13-27-29-23(16)26-14-19)31(5)24(35)28-22-12-21(25(2,3)4)33(30-22)18-10-20(34)11-18/h9,12-15,17-18,20,34H,6-8,10-11H2,1-5H3,(H,26,27,29)(H,28,30,35)/t15-,17-,18?,20?/m0/s1. The highest BCUT2D eigenvalue weighted by atomic mass is 16.3. The first-order valence-electron chi connectivity index (χ1n) is 12.5. The predicted octanol–water partition coefficient (Wildman–Crippen LogP) is 3.67. The molecule has 10 nitrogen and oxygen atoms in total. The van der Waals surface area contributed by atoms with Gasteiger partial charge >= 0.3 is 6.03 Å². The maximum atomic E-state index is 13.2. The van der Waals surface area contributed by atoms with E-state index in [1.165, 1.54) is 0 Å². The molecule has 1 aliphatic carbocycles. The highest BCUT2D eigenvalue weighted by Gasteiger charge is 2.35. The number of hydrogen-bond acceptors (Lipinski definition) is 6. The van der Waals surface area contributed by atoms with Gasteiger partial charge in [0.25, 0.3) is 0 Å². The Morgan fingerprint density at radius 3 is 2.69 bits per heavy atom. The van der Waals surface area contributed by atoms with E-state index in [1.54, 1.807) is 6.20 Å². The molecule has 1 saturated carbocycles. The van der Waals surface area contributed by atoms with Crippen LogP contribution in [0.4, 0.5) is 16.3 Å². The first kappa shape index (κ1) is 23.6. The number of aromatic nitrogens is 5. The second-order valence-corrected chi connectivity index (χ2v) is 11.2. The summed E-state index contributed by atoms with van der Waals surface area (Å²) in [5, 5.41) is 25.5. The van der Waals surface area contributed by atoms with Crippen molar-refractivity contribution >= 4 is 28.6 Å². The minimum Gasteiger partial charge on any atom is -0.393 e. The minimum absolute atomic E-state index is 0.112. The van der Waals surface area contributed by atoms with E-state index in [0.29, 0.717) is 18.7 Å². The van der Waals surface area contributed by atoms with Crippen LogP contribution in [0.2, 0.25) is 0 Å². The number of urea groups is 1. The number of hydrogen-bond donors (Lipinski definition) is 3. The Morgan fingerprint density at radius 2 is 2.00 bits per heavy atom. The number of carbonyl (C=O) groups excluding carboxylic acids is 1. The van der Waals surface area contributed by atoms with E-state index in [1.807, 2.05) is 28.9 Å². The summed E-state index contributed by atoms with van der Waals surface area (Å²) in [5.41, 5.74) is 2.83. The van der Waals surface area contributed by atoms with E-state index in [9.17, 15) is 9.90 Å². The summed E-state index contributed by atoms with van der Waals surface area (Å²) in [6.45, 7) is 9.47. The van der Waals surface area contributed by atoms with Crippen LogP contribution in [-0.2, 0) is 5.41 Å². The second kappa shape index (κ2) is 8.82. The Labute approximate surface area is 205 Å². The number of aliphatic hydroxyl groups is 1. The van der Waals surface area contributed by atoms with Crippen LogP contribution in [0.25, 0.3) is 11.0 Å². The number of H-pyrrole nitrogens is 1. The molecule has 10 heteroatoms. The van der Waals surface area contributed by atoms with Crippen LogP contribution in [0.3, 0.4) is 0 Å². The van der Waals surface area contributed by atoms with Crippen LogP contribution in [0.15, 0.2) is 24.5 Å². The summed E-state index contributed by atoms with van der Waals surface area (Å²) in [5.74, 6) is 0.568. The van der Waals surface area contributed by atoms with Gasteiger partial charge < -0.3 is 14.9 Å². The molecule has 0 radical (unpaired) electrons. The van der Waals surface area contributed by atoms with Crippen LogP contribution in [0.5, 0.6) is 0 Å². The van der Waals surface area contributed by atoms with Crippen molar-refractivity contribution in [1.29, 1.82) is 0 Å². The van der Waals surface area contributed by atoms with E-state index < -0.39 is 0 Å². The van der Waals surface area contributed by atoms with Gasteiger partial charge in [0.15, 0.2) is 11.5 Å². The van der Waals surface area contributed by atoms with Crippen LogP contribution < -0.4 is 10.2 Å². The fourth-order valence-corrected chi connectivity index (χ4v) is 5.28. The molecule has 4 heterocycles. The molecule has 3 aromatic heterocycles. The first-order chi connectivity index (χ1) is 16.6. The summed E-state index contributed by atoms with van der Waals surface area (Å²) in [7, 11) is 1.87. The van der Waals surface area contributed by atoms with Gasteiger partial charge in [-0.3, -0.25) is 15.1 Å². The average molecular weight is 481 g/mol. The molecule has 3 aromatic rings. The van der Waals surface area contributed by atoms with Crippen LogP contribution >= 0.6 is 0 Å². The average Bonchev–Trinajstić information content (AvgIpc) is 3.42. The zero-order chi connectivity index (χ0) is 24.9. The lowest BCUT2D eigenvalue weighted by molar-refractivity contribution is 0.0411. The number of nitrogens with zero attached hydrogens (tertiary/aromatic N) is 6. The quantitative estimate of drug-likeness (QED) is 0.525. The lowest BCUT2D eigenvalue weighted by atomic mass is 9.87. The molecule has 0 aromatic carbocycles. The number of pyridine rings is 1. The summed E-state index contributed by atoms with van der Waals surface area (Å²) >= 11 is 0. The van der Waals surface area contributed by atoms with Crippen molar-refractivity contribution in [2.75, 3.05) is 23.8 Å². The third kappa shape index (κ3) is 4.59. The maximum Gasteiger partial charge on any atom is 0.323 e. The topological polar surface area (TPSA) is 115 Å². The third-order valence-corrected chi connectivity index (χ3v) is 7.50. The second-order valence-electron chi connectivity index (χ2n) is 11.2. The molecule has 2 fully saturated rings. The van der Waals surface area contributed by atoms with Gasteiger partial charge in [-0.2, -0.15) is 10.2 Å². The lowest BCUT2D eigenvalue weighted by Gasteiger charge is -2.42. The van der Waals surface area contributed by atoms with Gasteiger partial charge in [0, 0.05) is 48.2 Å². The van der Waals surface area contributed by atoms with Crippen LogP contribution in [0.1, 0.15) is 65.1 Å². The van der Waals surface area contributed by atoms with Gasteiger partial charge in [-0.1, -0.05) is 20.8 Å². The molecule has 2 amide bonds. The minimum atomic E-state index is -0.258. The molecule has 5 rings (SSSR count). The van der Waals surface area contributed by atoms with Crippen molar-refractivity contribution < 1.29 is 9.90 Å². The normalized spacial score (nSPS) is 24.9. The van der Waals surface area contributed by atoms with Gasteiger partial charge in [-0.25, -0.2) is 9.78 Å². The monoisotopic (exact) mass is 480 g/mol. The van der Waals surface area contributed by atoms with Crippen molar-refractivity contribution in [3.63, 3.8) is 0 Å². The molecule has 1 saturated heterocycles. The van der Waals surface area contributed by atoms with E-state index in [0.717, 1.165) is 41.8 Å². The highest BCUT2D eigenvalue weighted by Crippen LogP contribution is 2.37. The first-order valence-corrected chi connectivity index (χ1v) is 12.5. The summed E-state index contributed by atoms with van der Waals surface area (Å²) in [4.78, 5) is 21.8. The molecule has 0 bridgehead atoms. The van der Waals surface area contributed by atoms with E-state index >= 15 is 0 Å². The zero-order valence-corrected chi connectivity index (χ0v) is 21.2. The molecule has 35 heavy (non-hydrogen) atoms. The predicted molar refractivity (Wildman–Crippen MR) is 136 cm³/mol. The fraction of sp³-hybridized carbons (Fsp3) is 0.600. The SMILES string of the molecule is C[C@H]1C[C@@H](N(C)C(=O)Nc2cc(C(C)(C)C)n(C3CC(O)C3)n2)CCN1c1cnc2[nH]ncc2c1. The summed E-state index contributed by atoms with van der Waals surface area (Å²) < 4.78 is 1.99. The van der Waals surface area contributed by atoms with Crippen molar-refractivity contribution in [3.8, 4) is 0 Å². The Hall–Kier alpha value is -3.14. The fourth-order valence-electron chi connectivity index (χ4n) is 5.28. The molecule has 2 aliphatic rings. The Kier molecular flexibility index (Phi) is 5.94. The maximum absolute atomic E-state index is 13.2. The summed E-state index contributed by atoms with van der Waals surface area (Å²) in [6, 6.07) is 4.54. The number of piperidine rings is 1. The van der Waals surface area contributed by atoms with E-state index in [2.05, 4.69) is 59.2 Å². The molecule has 188 valence electrons. The molecule has 2 atom stereocenters. The van der Waals surface area contributed by atoms with Crippen molar-refractivity contribution in [2.45, 2.75) is 83.0 Å². The van der Waals surface area contributed by atoms with Gasteiger partial charge in [0.2, 0.25) is 0 Å². The number of aliphatic hydroxyl groups excluding tert-OH is 1. The van der Waals surface area contributed by atoms with E-state index in [4.69, 9.17) is 5.10 Å². The number of fused-ring (bicyclic) bond motifs is 1. The van der Waals surface area contributed by atoms with Crippen molar-refractivity contribution in [2.24, 2.45) is 0 Å². The Morgan fingerprint density at radius 1 is 1.23 bits per heavy atom. The third-order valence-electron chi connectivity index (χ3n) is 7.50.